The number of hydrogen-bond donors (Lipinski definition) is 1. The van der Waals surface area contributed by atoms with E-state index in [-0.39, 0.29) is 17.2 Å². The molecule has 0 aromatic heterocycles. The van der Waals surface area contributed by atoms with Gasteiger partial charge in [-0.05, 0) is 24.3 Å². The number of hydrogen-bond acceptors (Lipinski definition) is 4. The van der Waals surface area contributed by atoms with Crippen molar-refractivity contribution in [2.75, 3.05) is 13.7 Å². The van der Waals surface area contributed by atoms with Gasteiger partial charge in [0.1, 0.15) is 5.75 Å². The Kier molecular flexibility index (Phi) is 4.72. The van der Waals surface area contributed by atoms with Gasteiger partial charge in [0.05, 0.1) is 24.1 Å². The number of methoxy groups -OCH3 is 1. The molecular weight excluding hydrogens is 290 g/mol. The molecule has 5 nitrogen and oxygen atoms in total. The first-order valence-electron chi connectivity index (χ1n) is 6.25. The molecule has 0 radical (unpaired) electrons. The van der Waals surface area contributed by atoms with E-state index in [1.807, 2.05) is 0 Å². The highest BCUT2D eigenvalue weighted by atomic mass is 32.2. The molecule has 0 saturated carbocycles. The lowest BCUT2D eigenvalue weighted by Gasteiger charge is -2.09. The summed E-state index contributed by atoms with van der Waals surface area (Å²) in [5.74, 6) is 0.0633. The lowest BCUT2D eigenvalue weighted by atomic mass is 10.1. The Morgan fingerprint density at radius 2 is 1.67 bits per heavy atom. The molecule has 2 aromatic rings. The lowest BCUT2D eigenvalue weighted by Crippen LogP contribution is -2.29. The number of ether oxygens (including phenoxy) is 1. The van der Waals surface area contributed by atoms with Crippen molar-refractivity contribution >= 4 is 15.8 Å². The Hall–Kier alpha value is -2.18. The third-order valence-electron chi connectivity index (χ3n) is 2.88. The van der Waals surface area contributed by atoms with E-state index in [9.17, 15) is 13.2 Å². The summed E-state index contributed by atoms with van der Waals surface area (Å²) in [5, 5.41) is 0. The summed E-state index contributed by atoms with van der Waals surface area (Å²) in [6.45, 7) is -0.322. The lowest BCUT2D eigenvalue weighted by molar-refractivity contribution is 0.0994. The van der Waals surface area contributed by atoms with Gasteiger partial charge in [-0.1, -0.05) is 30.3 Å². The highest BCUT2D eigenvalue weighted by molar-refractivity contribution is 7.89. The van der Waals surface area contributed by atoms with Gasteiger partial charge in [-0.2, -0.15) is 0 Å². The molecule has 6 heteroatoms. The normalized spacial score (nSPS) is 11.1. The zero-order valence-electron chi connectivity index (χ0n) is 11.4. The van der Waals surface area contributed by atoms with E-state index in [4.69, 9.17) is 4.74 Å². The van der Waals surface area contributed by atoms with Crippen LogP contribution in [0.2, 0.25) is 0 Å². The van der Waals surface area contributed by atoms with E-state index in [2.05, 4.69) is 4.72 Å². The number of benzene rings is 2. The zero-order chi connectivity index (χ0) is 15.3. The van der Waals surface area contributed by atoms with Crippen LogP contribution in [-0.4, -0.2) is 27.9 Å². The van der Waals surface area contributed by atoms with Gasteiger partial charge < -0.3 is 4.74 Å². The van der Waals surface area contributed by atoms with E-state index in [1.165, 1.54) is 19.2 Å². The van der Waals surface area contributed by atoms with Crippen molar-refractivity contribution in [3.05, 3.63) is 60.2 Å². The average Bonchev–Trinajstić information content (AvgIpc) is 2.53. The monoisotopic (exact) mass is 305 g/mol. The van der Waals surface area contributed by atoms with Crippen LogP contribution in [0.5, 0.6) is 5.75 Å². The van der Waals surface area contributed by atoms with E-state index >= 15 is 0 Å². The Morgan fingerprint density at radius 3 is 2.33 bits per heavy atom. The van der Waals surface area contributed by atoms with E-state index < -0.39 is 10.0 Å². The first-order valence-corrected chi connectivity index (χ1v) is 7.74. The zero-order valence-corrected chi connectivity index (χ0v) is 12.3. The van der Waals surface area contributed by atoms with Gasteiger partial charge in [0.2, 0.25) is 10.0 Å². The van der Waals surface area contributed by atoms with Crippen LogP contribution < -0.4 is 9.46 Å². The Bertz CT molecular complexity index is 726. The molecule has 2 rings (SSSR count). The topological polar surface area (TPSA) is 72.5 Å². The summed E-state index contributed by atoms with van der Waals surface area (Å²) in [6.07, 6.45) is 0. The Morgan fingerprint density at radius 1 is 1.05 bits per heavy atom. The van der Waals surface area contributed by atoms with Crippen molar-refractivity contribution < 1.29 is 17.9 Å². The maximum atomic E-state index is 12.1. The van der Waals surface area contributed by atoms with Crippen LogP contribution in [-0.2, 0) is 10.0 Å². The summed E-state index contributed by atoms with van der Waals surface area (Å²) in [4.78, 5) is 12.2. The fraction of sp³-hybridized carbons (Fsp3) is 0.133. The van der Waals surface area contributed by atoms with Gasteiger partial charge in [-0.25, -0.2) is 13.1 Å². The number of carbonyl (C=O) groups is 1. The number of nitrogens with one attached hydrogen (secondary N) is 1. The van der Waals surface area contributed by atoms with E-state index in [1.54, 1.807) is 42.5 Å². The molecule has 0 atom stereocenters. The molecule has 0 spiro atoms. The van der Waals surface area contributed by atoms with Gasteiger partial charge >= 0.3 is 0 Å². The van der Waals surface area contributed by atoms with Crippen molar-refractivity contribution in [2.24, 2.45) is 0 Å². The molecule has 110 valence electrons. The van der Waals surface area contributed by atoms with Crippen molar-refractivity contribution in [3.8, 4) is 5.75 Å². The molecule has 0 heterocycles. The summed E-state index contributed by atoms with van der Waals surface area (Å²) < 4.78 is 31.4. The second-order valence-corrected chi connectivity index (χ2v) is 6.03. The van der Waals surface area contributed by atoms with Crippen molar-refractivity contribution in [1.82, 2.24) is 4.72 Å². The quantitative estimate of drug-likeness (QED) is 0.827. The highest BCUT2D eigenvalue weighted by Gasteiger charge is 2.17. The maximum Gasteiger partial charge on any atom is 0.240 e. The highest BCUT2D eigenvalue weighted by Crippen LogP contribution is 2.17. The minimum Gasteiger partial charge on any atom is -0.496 e. The van der Waals surface area contributed by atoms with Gasteiger partial charge in [-0.3, -0.25) is 4.79 Å². The van der Waals surface area contributed by atoms with Crippen molar-refractivity contribution in [1.29, 1.82) is 0 Å². The van der Waals surface area contributed by atoms with Gasteiger partial charge in [0.25, 0.3) is 0 Å². The molecule has 1 N–H and O–H groups in total. The molecule has 0 bridgehead atoms. The molecule has 21 heavy (non-hydrogen) atoms. The number of Topliss-reactive ketones (excluding diaryl/α,β-unsaturated/α-hetero) is 1. The number of para-hydroxylation sites is 1. The second kappa shape index (κ2) is 6.51. The number of carbonyl (C=O) groups excluding carboxylic acids is 1. The molecule has 0 aliphatic carbocycles. The standard InChI is InChI=1S/C15H15NO4S/c1-20-15-10-6-5-9-13(15)14(17)11-16-21(18,19)12-7-3-2-4-8-12/h2-10,16H,11H2,1H3. The summed E-state index contributed by atoms with van der Waals surface area (Å²) in [7, 11) is -2.24. The summed E-state index contributed by atoms with van der Waals surface area (Å²) >= 11 is 0. The molecule has 0 saturated heterocycles. The minimum absolute atomic E-state index is 0.123. The largest absolute Gasteiger partial charge is 0.496 e. The predicted molar refractivity (Wildman–Crippen MR) is 79.0 cm³/mol. The average molecular weight is 305 g/mol. The smallest absolute Gasteiger partial charge is 0.240 e. The second-order valence-electron chi connectivity index (χ2n) is 4.26. The van der Waals surface area contributed by atoms with E-state index in [0.717, 1.165) is 0 Å². The molecule has 0 aliphatic heterocycles. The third-order valence-corrected chi connectivity index (χ3v) is 4.30. The van der Waals surface area contributed by atoms with Crippen LogP contribution >= 0.6 is 0 Å². The van der Waals surface area contributed by atoms with Gasteiger partial charge in [0.15, 0.2) is 5.78 Å². The fourth-order valence-electron chi connectivity index (χ4n) is 1.81. The molecule has 0 aliphatic rings. The van der Waals surface area contributed by atoms with E-state index in [0.29, 0.717) is 11.3 Å². The first kappa shape index (κ1) is 15.2. The van der Waals surface area contributed by atoms with Crippen LogP contribution in [0.3, 0.4) is 0 Å². The third kappa shape index (κ3) is 3.68. The fourth-order valence-corrected chi connectivity index (χ4v) is 2.82. The minimum atomic E-state index is -3.69. The molecule has 2 aromatic carbocycles. The Labute approximate surface area is 123 Å². The SMILES string of the molecule is COc1ccccc1C(=O)CNS(=O)(=O)c1ccccc1. The van der Waals surface area contributed by atoms with Crippen molar-refractivity contribution in [2.45, 2.75) is 4.90 Å². The van der Waals surface area contributed by atoms with Crippen molar-refractivity contribution in [3.63, 3.8) is 0 Å². The van der Waals surface area contributed by atoms with Gasteiger partial charge in [0, 0.05) is 0 Å². The first-order chi connectivity index (χ1) is 10.0. The van der Waals surface area contributed by atoms with Crippen LogP contribution in [0.1, 0.15) is 10.4 Å². The van der Waals surface area contributed by atoms with Crippen LogP contribution in [0, 0.1) is 0 Å². The number of rotatable bonds is 6. The molecule has 0 amide bonds. The summed E-state index contributed by atoms with van der Waals surface area (Å²) in [6, 6.07) is 14.6. The predicted octanol–water partition coefficient (Wildman–Crippen LogP) is 1.86. The number of ketones is 1. The summed E-state index contributed by atoms with van der Waals surface area (Å²) in [5.41, 5.74) is 0.343. The van der Waals surface area contributed by atoms with Crippen LogP contribution in [0.15, 0.2) is 59.5 Å². The number of sulfonamides is 1. The van der Waals surface area contributed by atoms with Crippen LogP contribution in [0.4, 0.5) is 0 Å². The molecular formula is C15H15NO4S. The molecule has 0 unspecified atom stereocenters. The maximum absolute atomic E-state index is 12.1. The molecule has 0 fully saturated rings. The van der Waals surface area contributed by atoms with Crippen LogP contribution in [0.25, 0.3) is 0 Å². The van der Waals surface area contributed by atoms with Gasteiger partial charge in [-0.15, -0.1) is 0 Å². The Balaban J connectivity index is 2.11.